The maximum Gasteiger partial charge on any atom is 0.407 e. The normalized spacial score (nSPS) is 23.7. The Labute approximate surface area is 124 Å². The maximum absolute atomic E-state index is 11.8. The van der Waals surface area contributed by atoms with Crippen LogP contribution in [-0.4, -0.2) is 30.3 Å². The predicted molar refractivity (Wildman–Crippen MR) is 82.9 cm³/mol. The van der Waals surface area contributed by atoms with Gasteiger partial charge < -0.3 is 15.4 Å². The van der Waals surface area contributed by atoms with Crippen molar-refractivity contribution in [3.05, 3.63) is 0 Å². The molecule has 1 amide bonds. The van der Waals surface area contributed by atoms with E-state index in [9.17, 15) is 4.79 Å². The molecule has 0 saturated heterocycles. The third kappa shape index (κ3) is 7.13. The Morgan fingerprint density at radius 2 is 1.70 bits per heavy atom. The molecular formula is C16H32N2O2. The van der Waals surface area contributed by atoms with Crippen LogP contribution in [0.15, 0.2) is 0 Å². The van der Waals surface area contributed by atoms with E-state index in [1.165, 1.54) is 0 Å². The van der Waals surface area contributed by atoms with E-state index in [1.54, 1.807) is 0 Å². The Hall–Kier alpha value is -0.770. The lowest BCUT2D eigenvalue weighted by atomic mass is 9.92. The molecule has 1 aliphatic carbocycles. The van der Waals surface area contributed by atoms with Crippen LogP contribution in [0.5, 0.6) is 0 Å². The van der Waals surface area contributed by atoms with Crippen molar-refractivity contribution in [2.24, 2.45) is 5.41 Å². The van der Waals surface area contributed by atoms with Crippen molar-refractivity contribution in [3.8, 4) is 0 Å². The van der Waals surface area contributed by atoms with Gasteiger partial charge in [-0.3, -0.25) is 0 Å². The van der Waals surface area contributed by atoms with Gasteiger partial charge in [-0.25, -0.2) is 4.79 Å². The summed E-state index contributed by atoms with van der Waals surface area (Å²) in [5.41, 5.74) is -0.0858. The summed E-state index contributed by atoms with van der Waals surface area (Å²) in [5, 5.41) is 6.60. The zero-order valence-corrected chi connectivity index (χ0v) is 14.0. The van der Waals surface area contributed by atoms with E-state index in [0.29, 0.717) is 11.5 Å². The monoisotopic (exact) mass is 284 g/mol. The second kappa shape index (κ2) is 6.79. The Bertz CT molecular complexity index is 315. The second-order valence-corrected chi connectivity index (χ2v) is 8.05. The van der Waals surface area contributed by atoms with Gasteiger partial charge in [0.15, 0.2) is 0 Å². The first-order valence-corrected chi connectivity index (χ1v) is 7.80. The van der Waals surface area contributed by atoms with Gasteiger partial charge in [0.25, 0.3) is 0 Å². The molecule has 4 nitrogen and oxygen atoms in total. The lowest BCUT2D eigenvalue weighted by molar-refractivity contribution is 0.0497. The molecule has 0 aliphatic heterocycles. The summed E-state index contributed by atoms with van der Waals surface area (Å²) in [6.45, 7) is 13.4. The average molecular weight is 284 g/mol. The van der Waals surface area contributed by atoms with Crippen LogP contribution in [0.25, 0.3) is 0 Å². The van der Waals surface area contributed by atoms with Crippen LogP contribution in [0.2, 0.25) is 0 Å². The highest BCUT2D eigenvalue weighted by molar-refractivity contribution is 5.68. The fourth-order valence-corrected chi connectivity index (χ4v) is 2.47. The molecule has 20 heavy (non-hydrogen) atoms. The van der Waals surface area contributed by atoms with E-state index in [-0.39, 0.29) is 12.1 Å². The SMILES string of the molecule is CC(C)(C)CCNC1CCCC1NC(=O)OC(C)(C)C. The largest absolute Gasteiger partial charge is 0.444 e. The molecule has 0 aromatic rings. The molecule has 2 atom stereocenters. The van der Waals surface area contributed by atoms with Crippen LogP contribution in [-0.2, 0) is 4.74 Å². The minimum absolute atomic E-state index is 0.199. The standard InChI is InChI=1S/C16H32N2O2/c1-15(2,3)10-11-17-12-8-7-9-13(12)18-14(19)20-16(4,5)6/h12-13,17H,7-11H2,1-6H3,(H,18,19). The van der Waals surface area contributed by atoms with Crippen LogP contribution in [0.3, 0.4) is 0 Å². The Balaban J connectivity index is 2.36. The first-order chi connectivity index (χ1) is 9.07. The zero-order valence-electron chi connectivity index (χ0n) is 14.0. The number of carbonyl (C=O) groups is 1. The Kier molecular flexibility index (Phi) is 5.87. The lowest BCUT2D eigenvalue weighted by Gasteiger charge is -2.26. The minimum atomic E-state index is -0.433. The number of amides is 1. The number of ether oxygens (including phenoxy) is 1. The Morgan fingerprint density at radius 1 is 1.10 bits per heavy atom. The van der Waals surface area contributed by atoms with Gasteiger partial charge in [-0.05, 0) is 58.4 Å². The third-order valence-electron chi connectivity index (χ3n) is 3.50. The quantitative estimate of drug-likeness (QED) is 0.831. The van der Waals surface area contributed by atoms with E-state index in [1.807, 2.05) is 20.8 Å². The molecule has 0 spiro atoms. The zero-order chi connectivity index (χ0) is 15.4. The molecule has 0 bridgehead atoms. The fraction of sp³-hybridized carbons (Fsp3) is 0.938. The summed E-state index contributed by atoms with van der Waals surface area (Å²) in [4.78, 5) is 11.8. The highest BCUT2D eigenvalue weighted by Gasteiger charge is 2.29. The summed E-state index contributed by atoms with van der Waals surface area (Å²) in [7, 11) is 0. The van der Waals surface area contributed by atoms with Crippen molar-refractivity contribution in [1.82, 2.24) is 10.6 Å². The molecule has 2 unspecified atom stereocenters. The van der Waals surface area contributed by atoms with Crippen molar-refractivity contribution in [3.63, 3.8) is 0 Å². The van der Waals surface area contributed by atoms with Gasteiger partial charge in [0, 0.05) is 12.1 Å². The minimum Gasteiger partial charge on any atom is -0.444 e. The topological polar surface area (TPSA) is 50.4 Å². The predicted octanol–water partition coefficient (Wildman–Crippen LogP) is 3.46. The van der Waals surface area contributed by atoms with Crippen molar-refractivity contribution < 1.29 is 9.53 Å². The number of carbonyl (C=O) groups excluding carboxylic acids is 1. The second-order valence-electron chi connectivity index (χ2n) is 8.05. The molecule has 0 aromatic carbocycles. The van der Waals surface area contributed by atoms with Crippen molar-refractivity contribution in [2.75, 3.05) is 6.54 Å². The van der Waals surface area contributed by atoms with Crippen LogP contribution in [0, 0.1) is 5.41 Å². The van der Waals surface area contributed by atoms with Crippen LogP contribution >= 0.6 is 0 Å². The molecule has 4 heteroatoms. The van der Waals surface area contributed by atoms with Gasteiger partial charge in [0.2, 0.25) is 0 Å². The average Bonchev–Trinajstić information content (AvgIpc) is 2.60. The van der Waals surface area contributed by atoms with E-state index < -0.39 is 5.60 Å². The summed E-state index contributed by atoms with van der Waals surface area (Å²) >= 11 is 0. The molecule has 0 heterocycles. The van der Waals surface area contributed by atoms with Gasteiger partial charge in [0.05, 0.1) is 0 Å². The van der Waals surface area contributed by atoms with Crippen molar-refractivity contribution in [1.29, 1.82) is 0 Å². The van der Waals surface area contributed by atoms with Gasteiger partial charge in [-0.1, -0.05) is 20.8 Å². The maximum atomic E-state index is 11.8. The van der Waals surface area contributed by atoms with Gasteiger partial charge in [-0.15, -0.1) is 0 Å². The molecule has 118 valence electrons. The summed E-state index contributed by atoms with van der Waals surface area (Å²) in [6, 6.07) is 0.578. The number of nitrogens with one attached hydrogen (secondary N) is 2. The Morgan fingerprint density at radius 3 is 2.25 bits per heavy atom. The molecule has 0 aromatic heterocycles. The molecule has 1 fully saturated rings. The van der Waals surface area contributed by atoms with Crippen molar-refractivity contribution >= 4 is 6.09 Å². The summed E-state index contributed by atoms with van der Waals surface area (Å²) < 4.78 is 5.33. The summed E-state index contributed by atoms with van der Waals surface area (Å²) in [6.07, 6.45) is 4.17. The van der Waals surface area contributed by atoms with Crippen molar-refractivity contribution in [2.45, 2.75) is 84.9 Å². The highest BCUT2D eigenvalue weighted by atomic mass is 16.6. The van der Waals surface area contributed by atoms with E-state index in [4.69, 9.17) is 4.74 Å². The lowest BCUT2D eigenvalue weighted by Crippen LogP contribution is -2.48. The molecule has 1 aliphatic rings. The molecule has 1 rings (SSSR count). The van der Waals surface area contributed by atoms with Crippen LogP contribution < -0.4 is 10.6 Å². The highest BCUT2D eigenvalue weighted by Crippen LogP contribution is 2.22. The first kappa shape index (κ1) is 17.3. The van der Waals surface area contributed by atoms with Gasteiger partial charge in [-0.2, -0.15) is 0 Å². The fourth-order valence-electron chi connectivity index (χ4n) is 2.47. The van der Waals surface area contributed by atoms with Crippen LogP contribution in [0.1, 0.15) is 67.2 Å². The number of hydrogen-bond acceptors (Lipinski definition) is 3. The molecular weight excluding hydrogens is 252 g/mol. The van der Waals surface area contributed by atoms with Gasteiger partial charge >= 0.3 is 6.09 Å². The third-order valence-corrected chi connectivity index (χ3v) is 3.50. The van der Waals surface area contributed by atoms with Gasteiger partial charge in [0.1, 0.15) is 5.60 Å². The summed E-state index contributed by atoms with van der Waals surface area (Å²) in [5.74, 6) is 0. The first-order valence-electron chi connectivity index (χ1n) is 7.80. The number of rotatable bonds is 4. The number of alkyl carbamates (subject to hydrolysis) is 1. The smallest absolute Gasteiger partial charge is 0.407 e. The van der Waals surface area contributed by atoms with Crippen LogP contribution in [0.4, 0.5) is 4.79 Å². The molecule has 2 N–H and O–H groups in total. The molecule has 0 radical (unpaired) electrons. The van der Waals surface area contributed by atoms with E-state index >= 15 is 0 Å². The van der Waals surface area contributed by atoms with E-state index in [2.05, 4.69) is 31.4 Å². The molecule has 1 saturated carbocycles. The number of hydrogen-bond donors (Lipinski definition) is 2. The van der Waals surface area contributed by atoms with E-state index in [0.717, 1.165) is 32.2 Å².